The number of rotatable bonds is 4. The number of aromatic nitrogens is 3. The van der Waals surface area contributed by atoms with Gasteiger partial charge in [-0.3, -0.25) is 10.1 Å². The first-order chi connectivity index (χ1) is 8.58. The van der Waals surface area contributed by atoms with Gasteiger partial charge in [0.1, 0.15) is 5.69 Å². The average Bonchev–Trinajstić information content (AvgIpc) is 2.77. The second-order valence-electron chi connectivity index (χ2n) is 3.37. The molecule has 1 N–H and O–H groups in total. The lowest BCUT2D eigenvalue weighted by Gasteiger charge is -2.06. The van der Waals surface area contributed by atoms with Gasteiger partial charge in [-0.1, -0.05) is 0 Å². The summed E-state index contributed by atoms with van der Waals surface area (Å²) in [7, 11) is 0. The summed E-state index contributed by atoms with van der Waals surface area (Å²) in [4.78, 5) is 22.1. The fourth-order valence-corrected chi connectivity index (χ4v) is 2.14. The molecule has 94 valence electrons. The summed E-state index contributed by atoms with van der Waals surface area (Å²) < 4.78 is 0. The molecule has 0 aromatic carbocycles. The first-order valence-corrected chi connectivity index (χ1v) is 6.19. The van der Waals surface area contributed by atoms with Crippen molar-refractivity contribution in [3.05, 3.63) is 37.7 Å². The van der Waals surface area contributed by atoms with E-state index >= 15 is 0 Å². The van der Waals surface area contributed by atoms with Crippen LogP contribution in [0.4, 0.5) is 11.5 Å². The number of thiazole rings is 1. The van der Waals surface area contributed by atoms with Gasteiger partial charge in [0, 0.05) is 5.38 Å². The quantitative estimate of drug-likeness (QED) is 0.527. The van der Waals surface area contributed by atoms with Crippen LogP contribution in [0.1, 0.15) is 11.4 Å². The molecule has 7 nitrogen and oxygen atoms in total. The Bertz CT molecular complexity index is 575. The van der Waals surface area contributed by atoms with Crippen molar-refractivity contribution in [2.75, 3.05) is 5.32 Å². The summed E-state index contributed by atoms with van der Waals surface area (Å²) in [5, 5.41) is 15.6. The Hall–Kier alpha value is -1.80. The fourth-order valence-electron chi connectivity index (χ4n) is 1.37. The van der Waals surface area contributed by atoms with Crippen LogP contribution in [0.15, 0.2) is 10.9 Å². The van der Waals surface area contributed by atoms with Gasteiger partial charge in [-0.05, 0) is 18.5 Å². The lowest BCUT2D eigenvalue weighted by atomic mass is 10.3. The van der Waals surface area contributed by atoms with Crippen molar-refractivity contribution in [3.8, 4) is 0 Å². The zero-order valence-electron chi connectivity index (χ0n) is 9.25. The van der Waals surface area contributed by atoms with Crippen molar-refractivity contribution >= 4 is 34.4 Å². The first kappa shape index (κ1) is 12.7. The standard InChI is InChI=1S/C9H8ClN5O2S/c1-5-7(15(16)17)8(14-9(10)13-5)11-2-6-3-18-4-12-6/h3-4H,2H2,1H3,(H,11,13,14). The first-order valence-electron chi connectivity index (χ1n) is 4.87. The number of halogens is 1. The van der Waals surface area contributed by atoms with E-state index < -0.39 is 4.92 Å². The van der Waals surface area contributed by atoms with E-state index in [1.807, 2.05) is 5.38 Å². The minimum atomic E-state index is -0.533. The third-order valence-corrected chi connectivity index (χ3v) is 2.94. The van der Waals surface area contributed by atoms with Crippen LogP contribution in [0.2, 0.25) is 5.28 Å². The Kier molecular flexibility index (Phi) is 3.68. The molecule has 0 radical (unpaired) electrons. The van der Waals surface area contributed by atoms with Gasteiger partial charge < -0.3 is 5.32 Å². The van der Waals surface area contributed by atoms with E-state index in [2.05, 4.69) is 20.3 Å². The lowest BCUT2D eigenvalue weighted by Crippen LogP contribution is -2.07. The van der Waals surface area contributed by atoms with Gasteiger partial charge in [-0.2, -0.15) is 4.98 Å². The summed E-state index contributed by atoms with van der Waals surface area (Å²) in [6.45, 7) is 1.86. The molecule has 0 bridgehead atoms. The highest BCUT2D eigenvalue weighted by Gasteiger charge is 2.21. The van der Waals surface area contributed by atoms with E-state index in [0.717, 1.165) is 5.69 Å². The maximum absolute atomic E-state index is 10.9. The molecule has 18 heavy (non-hydrogen) atoms. The molecule has 0 saturated heterocycles. The fraction of sp³-hybridized carbons (Fsp3) is 0.222. The number of nitrogens with zero attached hydrogens (tertiary/aromatic N) is 4. The van der Waals surface area contributed by atoms with Crippen molar-refractivity contribution in [2.45, 2.75) is 13.5 Å². The molecule has 9 heteroatoms. The zero-order chi connectivity index (χ0) is 13.1. The van der Waals surface area contributed by atoms with Crippen molar-refractivity contribution in [1.29, 1.82) is 0 Å². The van der Waals surface area contributed by atoms with Crippen LogP contribution >= 0.6 is 22.9 Å². The predicted molar refractivity (Wildman–Crippen MR) is 67.9 cm³/mol. The van der Waals surface area contributed by atoms with Gasteiger partial charge in [0.25, 0.3) is 0 Å². The van der Waals surface area contributed by atoms with Crippen LogP contribution < -0.4 is 5.32 Å². The highest BCUT2D eigenvalue weighted by atomic mass is 35.5. The molecule has 0 saturated carbocycles. The molecule has 2 rings (SSSR count). The summed E-state index contributed by atoms with van der Waals surface area (Å²) in [6, 6.07) is 0. The minimum Gasteiger partial charge on any atom is -0.359 e. The number of aryl methyl sites for hydroxylation is 1. The van der Waals surface area contributed by atoms with Crippen LogP contribution in [-0.2, 0) is 6.54 Å². The Morgan fingerprint density at radius 3 is 2.94 bits per heavy atom. The zero-order valence-corrected chi connectivity index (χ0v) is 10.8. The molecule has 2 aromatic heterocycles. The van der Waals surface area contributed by atoms with E-state index in [9.17, 15) is 10.1 Å². The average molecular weight is 286 g/mol. The third kappa shape index (κ3) is 2.71. The van der Waals surface area contributed by atoms with Gasteiger partial charge in [0.05, 0.1) is 22.7 Å². The number of hydrogen-bond acceptors (Lipinski definition) is 7. The topological polar surface area (TPSA) is 93.8 Å². The van der Waals surface area contributed by atoms with Crippen LogP contribution in [0.3, 0.4) is 0 Å². The summed E-state index contributed by atoms with van der Waals surface area (Å²) >= 11 is 7.14. The van der Waals surface area contributed by atoms with Crippen molar-refractivity contribution in [2.24, 2.45) is 0 Å². The molecule has 0 aliphatic carbocycles. The highest BCUT2D eigenvalue weighted by molar-refractivity contribution is 7.07. The number of hydrogen-bond donors (Lipinski definition) is 1. The van der Waals surface area contributed by atoms with E-state index in [0.29, 0.717) is 6.54 Å². The van der Waals surface area contributed by atoms with Crippen LogP contribution in [-0.4, -0.2) is 19.9 Å². The molecule has 0 atom stereocenters. The molecule has 2 heterocycles. The Morgan fingerprint density at radius 2 is 2.33 bits per heavy atom. The molecule has 0 unspecified atom stereocenters. The second kappa shape index (κ2) is 5.23. The van der Waals surface area contributed by atoms with Crippen LogP contribution in [0.5, 0.6) is 0 Å². The number of nitro groups is 1. The molecular formula is C9H8ClN5O2S. The van der Waals surface area contributed by atoms with Gasteiger partial charge in [-0.25, -0.2) is 9.97 Å². The van der Waals surface area contributed by atoms with Crippen molar-refractivity contribution in [1.82, 2.24) is 15.0 Å². The molecule has 0 spiro atoms. The number of anilines is 1. The van der Waals surface area contributed by atoms with Gasteiger partial charge in [0.2, 0.25) is 11.1 Å². The molecule has 0 amide bonds. The third-order valence-electron chi connectivity index (χ3n) is 2.13. The smallest absolute Gasteiger partial charge is 0.332 e. The molecule has 0 aliphatic rings. The maximum atomic E-state index is 10.9. The van der Waals surface area contributed by atoms with E-state index in [1.165, 1.54) is 18.3 Å². The van der Waals surface area contributed by atoms with Crippen molar-refractivity contribution < 1.29 is 4.92 Å². The summed E-state index contributed by atoms with van der Waals surface area (Å²) in [5.74, 6) is 0.102. The summed E-state index contributed by atoms with van der Waals surface area (Å²) in [6.07, 6.45) is 0. The monoisotopic (exact) mass is 285 g/mol. The molecular weight excluding hydrogens is 278 g/mol. The van der Waals surface area contributed by atoms with Gasteiger partial charge in [-0.15, -0.1) is 11.3 Å². The maximum Gasteiger partial charge on any atom is 0.332 e. The molecule has 0 fully saturated rings. The number of nitrogens with one attached hydrogen (secondary N) is 1. The van der Waals surface area contributed by atoms with E-state index in [4.69, 9.17) is 11.6 Å². The normalized spacial score (nSPS) is 10.3. The van der Waals surface area contributed by atoms with E-state index in [1.54, 1.807) is 5.51 Å². The lowest BCUT2D eigenvalue weighted by molar-refractivity contribution is -0.385. The Morgan fingerprint density at radius 1 is 1.56 bits per heavy atom. The minimum absolute atomic E-state index is 0.0288. The molecule has 0 aliphatic heterocycles. The Labute approximate surface area is 111 Å². The van der Waals surface area contributed by atoms with Crippen molar-refractivity contribution in [3.63, 3.8) is 0 Å². The van der Waals surface area contributed by atoms with Crippen LogP contribution in [0.25, 0.3) is 0 Å². The largest absolute Gasteiger partial charge is 0.359 e. The highest BCUT2D eigenvalue weighted by Crippen LogP contribution is 2.26. The van der Waals surface area contributed by atoms with Gasteiger partial charge >= 0.3 is 5.69 Å². The van der Waals surface area contributed by atoms with Gasteiger partial charge in [0.15, 0.2) is 0 Å². The predicted octanol–water partition coefficient (Wildman–Crippen LogP) is 2.42. The summed E-state index contributed by atoms with van der Waals surface area (Å²) in [5.41, 5.74) is 2.51. The SMILES string of the molecule is Cc1nc(Cl)nc(NCc2cscn2)c1[N+](=O)[O-]. The Balaban J connectivity index is 2.28. The molecule has 2 aromatic rings. The second-order valence-corrected chi connectivity index (χ2v) is 4.42. The van der Waals surface area contributed by atoms with E-state index in [-0.39, 0.29) is 22.5 Å². The van der Waals surface area contributed by atoms with Crippen LogP contribution in [0, 0.1) is 17.0 Å².